The fraction of sp³-hybridized carbons (Fsp3) is 0.667. The lowest BCUT2D eigenvalue weighted by atomic mass is 10.1. The molecule has 5 nitrogen and oxygen atoms in total. The van der Waals surface area contributed by atoms with E-state index in [1.807, 2.05) is 24.8 Å². The molecule has 3 rings (SSSR count). The third kappa shape index (κ3) is 4.56. The number of aryl methyl sites for hydroxylation is 1. The van der Waals surface area contributed by atoms with Gasteiger partial charge in [0.15, 0.2) is 0 Å². The molecule has 0 aromatic carbocycles. The van der Waals surface area contributed by atoms with Crippen molar-refractivity contribution in [1.29, 1.82) is 0 Å². The molecule has 2 fully saturated rings. The summed E-state index contributed by atoms with van der Waals surface area (Å²) in [4.78, 5) is 19.1. The van der Waals surface area contributed by atoms with Crippen LogP contribution in [0, 0.1) is 6.92 Å². The van der Waals surface area contributed by atoms with E-state index in [-0.39, 0.29) is 12.1 Å². The summed E-state index contributed by atoms with van der Waals surface area (Å²) in [7, 11) is 0. The average Bonchev–Trinajstić information content (AvgIpc) is 3.03. The first-order valence-electron chi connectivity index (χ1n) is 8.92. The summed E-state index contributed by atoms with van der Waals surface area (Å²) in [6, 6.07) is 6.76. The van der Waals surface area contributed by atoms with Crippen LogP contribution in [0.3, 0.4) is 0 Å². The molecule has 2 heterocycles. The van der Waals surface area contributed by atoms with Crippen LogP contribution in [0.25, 0.3) is 0 Å². The molecule has 1 aliphatic heterocycles. The van der Waals surface area contributed by atoms with Crippen molar-refractivity contribution in [2.24, 2.45) is 0 Å². The lowest BCUT2D eigenvalue weighted by Crippen LogP contribution is -2.49. The van der Waals surface area contributed by atoms with Gasteiger partial charge in [-0.25, -0.2) is 9.78 Å². The van der Waals surface area contributed by atoms with Gasteiger partial charge in [-0.3, -0.25) is 0 Å². The maximum Gasteiger partial charge on any atom is 0.315 e. The van der Waals surface area contributed by atoms with E-state index in [0.717, 1.165) is 50.3 Å². The highest BCUT2D eigenvalue weighted by atomic mass is 32.2. The molecule has 1 aromatic rings. The Kier molecular flexibility index (Phi) is 5.87. The molecule has 0 unspecified atom stereocenters. The second-order valence-corrected chi connectivity index (χ2v) is 8.02. The number of rotatable bonds is 4. The summed E-state index contributed by atoms with van der Waals surface area (Å²) in [6.45, 7) is 3.91. The number of piperidine rings is 1. The number of thioether (sulfide) groups is 1. The number of hydrogen-bond donors (Lipinski definition) is 2. The number of nitrogens with zero attached hydrogens (tertiary/aromatic N) is 2. The topological polar surface area (TPSA) is 57.3 Å². The smallest absolute Gasteiger partial charge is 0.315 e. The molecule has 2 aliphatic rings. The first-order valence-corrected chi connectivity index (χ1v) is 10.2. The van der Waals surface area contributed by atoms with Crippen molar-refractivity contribution in [3.05, 3.63) is 23.9 Å². The van der Waals surface area contributed by atoms with Gasteiger partial charge in [-0.2, -0.15) is 11.8 Å². The lowest BCUT2D eigenvalue weighted by molar-refractivity contribution is 0.230. The second kappa shape index (κ2) is 8.10. The molecule has 1 saturated heterocycles. The molecule has 1 saturated carbocycles. The molecule has 0 spiro atoms. The Bertz CT molecular complexity index is 560. The van der Waals surface area contributed by atoms with Gasteiger partial charge in [-0.15, -0.1) is 0 Å². The van der Waals surface area contributed by atoms with Crippen LogP contribution >= 0.6 is 11.8 Å². The fourth-order valence-electron chi connectivity index (χ4n) is 3.66. The molecule has 2 N–H and O–H groups in total. The molecule has 2 atom stereocenters. The van der Waals surface area contributed by atoms with E-state index in [4.69, 9.17) is 0 Å². The van der Waals surface area contributed by atoms with Gasteiger partial charge in [-0.1, -0.05) is 6.07 Å². The molecular formula is C18H28N4OS. The summed E-state index contributed by atoms with van der Waals surface area (Å²) >= 11 is 1.91. The summed E-state index contributed by atoms with van der Waals surface area (Å²) in [6.07, 6.45) is 7.53. The third-order valence-corrected chi connectivity index (χ3v) is 6.18. The predicted octanol–water partition coefficient (Wildman–Crippen LogP) is 2.94. The van der Waals surface area contributed by atoms with Crippen LogP contribution in [-0.2, 0) is 0 Å². The van der Waals surface area contributed by atoms with Crippen molar-refractivity contribution in [1.82, 2.24) is 15.6 Å². The molecule has 2 amide bonds. The lowest BCUT2D eigenvalue weighted by Gasteiger charge is -2.33. The zero-order valence-electron chi connectivity index (χ0n) is 14.6. The quantitative estimate of drug-likeness (QED) is 0.878. The highest BCUT2D eigenvalue weighted by Crippen LogP contribution is 2.28. The number of anilines is 1. The minimum absolute atomic E-state index is 0.00823. The van der Waals surface area contributed by atoms with Gasteiger partial charge in [0.25, 0.3) is 0 Å². The molecule has 0 bridgehead atoms. The number of hydrogen-bond acceptors (Lipinski definition) is 4. The monoisotopic (exact) mass is 348 g/mol. The van der Waals surface area contributed by atoms with Crippen molar-refractivity contribution >= 4 is 23.6 Å². The van der Waals surface area contributed by atoms with E-state index in [1.54, 1.807) is 0 Å². The van der Waals surface area contributed by atoms with Gasteiger partial charge in [-0.05, 0) is 57.4 Å². The Morgan fingerprint density at radius 2 is 1.92 bits per heavy atom. The van der Waals surface area contributed by atoms with E-state index in [1.165, 1.54) is 6.42 Å². The average molecular weight is 349 g/mol. The highest BCUT2D eigenvalue weighted by Gasteiger charge is 2.26. The van der Waals surface area contributed by atoms with Crippen molar-refractivity contribution in [3.8, 4) is 0 Å². The van der Waals surface area contributed by atoms with Crippen LogP contribution in [0.1, 0.15) is 37.8 Å². The van der Waals surface area contributed by atoms with Gasteiger partial charge in [0, 0.05) is 36.1 Å². The number of aromatic nitrogens is 1. The van der Waals surface area contributed by atoms with Crippen LogP contribution in [0.15, 0.2) is 18.2 Å². The number of carbonyl (C=O) groups is 1. The predicted molar refractivity (Wildman–Crippen MR) is 101 cm³/mol. The molecule has 6 heteroatoms. The van der Waals surface area contributed by atoms with Crippen LogP contribution in [0.2, 0.25) is 0 Å². The summed E-state index contributed by atoms with van der Waals surface area (Å²) < 4.78 is 0. The fourth-order valence-corrected chi connectivity index (χ4v) is 4.45. The Morgan fingerprint density at radius 3 is 2.58 bits per heavy atom. The Morgan fingerprint density at radius 1 is 1.17 bits per heavy atom. The van der Waals surface area contributed by atoms with Crippen molar-refractivity contribution < 1.29 is 4.79 Å². The van der Waals surface area contributed by atoms with Crippen molar-refractivity contribution in [2.75, 3.05) is 24.2 Å². The van der Waals surface area contributed by atoms with Crippen LogP contribution < -0.4 is 15.5 Å². The Balaban J connectivity index is 1.41. The molecule has 132 valence electrons. The first kappa shape index (κ1) is 17.4. The van der Waals surface area contributed by atoms with Crippen LogP contribution in [-0.4, -0.2) is 47.7 Å². The largest absolute Gasteiger partial charge is 0.356 e. The van der Waals surface area contributed by atoms with E-state index in [9.17, 15) is 4.79 Å². The summed E-state index contributed by atoms with van der Waals surface area (Å²) in [5, 5.41) is 7.02. The van der Waals surface area contributed by atoms with E-state index in [0.29, 0.717) is 11.3 Å². The van der Waals surface area contributed by atoms with Crippen LogP contribution in [0.5, 0.6) is 0 Å². The summed E-state index contributed by atoms with van der Waals surface area (Å²) in [5.74, 6) is 1.05. The first-order chi connectivity index (χ1) is 11.6. The zero-order chi connectivity index (χ0) is 16.9. The van der Waals surface area contributed by atoms with Crippen molar-refractivity contribution in [2.45, 2.75) is 56.4 Å². The van der Waals surface area contributed by atoms with Gasteiger partial charge in [0.1, 0.15) is 5.82 Å². The highest BCUT2D eigenvalue weighted by molar-refractivity contribution is 7.99. The van der Waals surface area contributed by atoms with E-state index < -0.39 is 0 Å². The summed E-state index contributed by atoms with van der Waals surface area (Å²) in [5.41, 5.74) is 1.05. The number of carbonyl (C=O) groups excluding carboxylic acids is 1. The second-order valence-electron chi connectivity index (χ2n) is 6.88. The number of pyridine rings is 1. The Labute approximate surface area is 149 Å². The SMILES string of the molecule is CS[C@@H]1CC[C@@H](NC(=O)NC2CCN(c3cccc(C)n3)CC2)C1. The normalized spacial score (nSPS) is 24.8. The van der Waals surface area contributed by atoms with Gasteiger partial charge in [0.05, 0.1) is 0 Å². The van der Waals surface area contributed by atoms with E-state index >= 15 is 0 Å². The van der Waals surface area contributed by atoms with Crippen molar-refractivity contribution in [3.63, 3.8) is 0 Å². The molecule has 1 aromatic heterocycles. The zero-order valence-corrected chi connectivity index (χ0v) is 15.4. The number of amides is 2. The maximum atomic E-state index is 12.2. The molecule has 1 aliphatic carbocycles. The maximum absolute atomic E-state index is 12.2. The number of nitrogens with one attached hydrogen (secondary N) is 2. The number of urea groups is 1. The standard InChI is InChI=1S/C18H28N4OS/c1-13-4-3-5-17(19-13)22-10-8-14(9-11-22)20-18(23)21-15-6-7-16(12-15)24-2/h3-5,14-16H,6-12H2,1-2H3,(H2,20,21,23)/t15-,16-/m1/s1. The molecule has 24 heavy (non-hydrogen) atoms. The molecular weight excluding hydrogens is 320 g/mol. The van der Waals surface area contributed by atoms with Gasteiger partial charge >= 0.3 is 6.03 Å². The minimum Gasteiger partial charge on any atom is -0.356 e. The van der Waals surface area contributed by atoms with Gasteiger partial charge in [0.2, 0.25) is 0 Å². The van der Waals surface area contributed by atoms with E-state index in [2.05, 4.69) is 38.9 Å². The third-order valence-electron chi connectivity index (χ3n) is 5.08. The van der Waals surface area contributed by atoms with Gasteiger partial charge < -0.3 is 15.5 Å². The minimum atomic E-state index is 0.00823. The molecule has 0 radical (unpaired) electrons. The van der Waals surface area contributed by atoms with Crippen LogP contribution in [0.4, 0.5) is 10.6 Å². The Hall–Kier alpha value is -1.43.